The second-order valence-electron chi connectivity index (χ2n) is 5.51. The molecule has 21 heavy (non-hydrogen) atoms. The van der Waals surface area contributed by atoms with Crippen molar-refractivity contribution in [3.8, 4) is 0 Å². The first-order valence-electron chi connectivity index (χ1n) is 6.86. The molecule has 1 heterocycles. The molecule has 1 N–H and O–H groups in total. The van der Waals surface area contributed by atoms with Gasteiger partial charge in [0.15, 0.2) is 0 Å². The fourth-order valence-electron chi connectivity index (χ4n) is 2.87. The van der Waals surface area contributed by atoms with Crippen LogP contribution in [0.15, 0.2) is 30.3 Å². The monoisotopic (exact) mass is 297 g/mol. The summed E-state index contributed by atoms with van der Waals surface area (Å²) >= 11 is 5.98. The van der Waals surface area contributed by atoms with Crippen molar-refractivity contribution in [3.05, 3.63) is 63.2 Å². The first kappa shape index (κ1) is 13.9. The van der Waals surface area contributed by atoms with Crippen LogP contribution in [0.1, 0.15) is 27.8 Å². The van der Waals surface area contributed by atoms with Gasteiger partial charge in [-0.25, -0.2) is 0 Å². The van der Waals surface area contributed by atoms with Crippen LogP contribution in [-0.4, -0.2) is 5.91 Å². The third kappa shape index (κ3) is 2.47. The summed E-state index contributed by atoms with van der Waals surface area (Å²) in [5.74, 6) is -0.0772. The van der Waals surface area contributed by atoms with Gasteiger partial charge in [-0.05, 0) is 55.7 Å². The van der Waals surface area contributed by atoms with E-state index in [1.807, 2.05) is 18.2 Å². The van der Waals surface area contributed by atoms with Crippen molar-refractivity contribution in [1.29, 1.82) is 0 Å². The summed E-state index contributed by atoms with van der Waals surface area (Å²) in [7, 11) is 0. The number of amides is 1. The Labute approximate surface area is 129 Å². The van der Waals surface area contributed by atoms with Gasteiger partial charge in [0.2, 0.25) is 0 Å². The predicted octanol–water partition coefficient (Wildman–Crippen LogP) is 4.76. The molecule has 0 radical (unpaired) electrons. The zero-order chi connectivity index (χ0) is 15.1. The highest BCUT2D eigenvalue weighted by Gasteiger charge is 2.24. The summed E-state index contributed by atoms with van der Waals surface area (Å²) in [6.45, 7) is 6.22. The standard InChI is InChI=1S/C18H16ClNO/c1-10-6-11(2)15(12(3)7-10)9-16-14-5-4-13(19)8-17(14)20-18(16)21/h4-9H,1-3H3,(H,20,21)/b16-9+. The van der Waals surface area contributed by atoms with E-state index in [4.69, 9.17) is 11.6 Å². The van der Waals surface area contributed by atoms with Crippen molar-refractivity contribution >= 4 is 34.8 Å². The molecule has 0 spiro atoms. The van der Waals surface area contributed by atoms with E-state index in [9.17, 15) is 4.79 Å². The molecule has 1 aliphatic rings. The topological polar surface area (TPSA) is 29.1 Å². The molecule has 0 unspecified atom stereocenters. The first-order valence-corrected chi connectivity index (χ1v) is 7.24. The molecule has 2 aromatic rings. The molecule has 106 valence electrons. The molecule has 0 atom stereocenters. The van der Waals surface area contributed by atoms with Crippen LogP contribution in [0.5, 0.6) is 0 Å². The predicted molar refractivity (Wildman–Crippen MR) is 88.6 cm³/mol. The van der Waals surface area contributed by atoms with Crippen molar-refractivity contribution in [1.82, 2.24) is 0 Å². The van der Waals surface area contributed by atoms with Gasteiger partial charge in [0.1, 0.15) is 0 Å². The molecule has 2 nitrogen and oxygen atoms in total. The summed E-state index contributed by atoms with van der Waals surface area (Å²) in [6.07, 6.45) is 1.97. The number of fused-ring (bicyclic) bond motifs is 1. The SMILES string of the molecule is Cc1cc(C)c(/C=C2/C(=O)Nc3cc(Cl)ccc32)c(C)c1. The van der Waals surface area contributed by atoms with Gasteiger partial charge in [0.25, 0.3) is 5.91 Å². The smallest absolute Gasteiger partial charge is 0.256 e. The largest absolute Gasteiger partial charge is 0.321 e. The summed E-state index contributed by atoms with van der Waals surface area (Å²) in [5.41, 5.74) is 7.07. The van der Waals surface area contributed by atoms with Gasteiger partial charge in [-0.1, -0.05) is 35.4 Å². The summed E-state index contributed by atoms with van der Waals surface area (Å²) in [4.78, 5) is 12.2. The van der Waals surface area contributed by atoms with Crippen LogP contribution in [0, 0.1) is 20.8 Å². The highest BCUT2D eigenvalue weighted by Crippen LogP contribution is 2.35. The Morgan fingerprint density at radius 1 is 1.05 bits per heavy atom. The molecule has 0 aliphatic carbocycles. The number of anilines is 1. The Bertz CT molecular complexity index is 767. The Kier molecular flexibility index (Phi) is 3.34. The van der Waals surface area contributed by atoms with Crippen molar-refractivity contribution in [2.75, 3.05) is 5.32 Å². The molecule has 1 amide bonds. The van der Waals surface area contributed by atoms with Crippen molar-refractivity contribution in [2.24, 2.45) is 0 Å². The average Bonchev–Trinajstić information content (AvgIpc) is 2.68. The van der Waals surface area contributed by atoms with Crippen LogP contribution in [0.25, 0.3) is 11.6 Å². The van der Waals surface area contributed by atoms with Gasteiger partial charge < -0.3 is 5.32 Å². The van der Waals surface area contributed by atoms with Crippen molar-refractivity contribution in [2.45, 2.75) is 20.8 Å². The average molecular weight is 298 g/mol. The maximum Gasteiger partial charge on any atom is 0.256 e. The minimum absolute atomic E-state index is 0.0772. The third-order valence-electron chi connectivity index (χ3n) is 3.79. The lowest BCUT2D eigenvalue weighted by molar-refractivity contribution is -0.110. The number of aryl methyl sites for hydroxylation is 3. The Hall–Kier alpha value is -2.06. The van der Waals surface area contributed by atoms with E-state index in [1.54, 1.807) is 6.07 Å². The highest BCUT2D eigenvalue weighted by molar-refractivity contribution is 6.36. The number of carbonyl (C=O) groups is 1. The van der Waals surface area contributed by atoms with E-state index in [0.29, 0.717) is 10.6 Å². The van der Waals surface area contributed by atoms with E-state index < -0.39 is 0 Å². The Morgan fingerprint density at radius 2 is 1.71 bits per heavy atom. The summed E-state index contributed by atoms with van der Waals surface area (Å²) in [6, 6.07) is 9.75. The number of carbonyl (C=O) groups excluding carboxylic acids is 1. The molecule has 3 rings (SSSR count). The van der Waals surface area contributed by atoms with Crippen LogP contribution in [0.2, 0.25) is 5.02 Å². The van der Waals surface area contributed by atoms with Gasteiger partial charge in [-0.2, -0.15) is 0 Å². The van der Waals surface area contributed by atoms with Crippen molar-refractivity contribution < 1.29 is 4.79 Å². The molecule has 0 aromatic heterocycles. The van der Waals surface area contributed by atoms with Crippen LogP contribution in [0.4, 0.5) is 5.69 Å². The molecule has 1 aliphatic heterocycles. The van der Waals surface area contributed by atoms with Crippen LogP contribution < -0.4 is 5.32 Å². The number of rotatable bonds is 1. The second kappa shape index (κ2) is 5.05. The lowest BCUT2D eigenvalue weighted by Crippen LogP contribution is -2.04. The molecule has 0 saturated heterocycles. The molecule has 0 fully saturated rings. The summed E-state index contributed by atoms with van der Waals surface area (Å²) in [5, 5.41) is 3.49. The van der Waals surface area contributed by atoms with E-state index >= 15 is 0 Å². The van der Waals surface area contributed by atoms with Gasteiger partial charge in [-0.3, -0.25) is 4.79 Å². The maximum atomic E-state index is 12.2. The Morgan fingerprint density at radius 3 is 2.38 bits per heavy atom. The fourth-order valence-corrected chi connectivity index (χ4v) is 3.05. The lowest BCUT2D eigenvalue weighted by atomic mass is 9.96. The quantitative estimate of drug-likeness (QED) is 0.756. The molecular formula is C18H16ClNO. The zero-order valence-electron chi connectivity index (χ0n) is 12.3. The fraction of sp³-hybridized carbons (Fsp3) is 0.167. The lowest BCUT2D eigenvalue weighted by Gasteiger charge is -2.08. The third-order valence-corrected chi connectivity index (χ3v) is 4.03. The minimum Gasteiger partial charge on any atom is -0.321 e. The van der Waals surface area contributed by atoms with Crippen LogP contribution >= 0.6 is 11.6 Å². The first-order chi connectivity index (χ1) is 9.95. The molecular weight excluding hydrogens is 282 g/mol. The number of hydrogen-bond donors (Lipinski definition) is 1. The van der Waals surface area contributed by atoms with Gasteiger partial charge >= 0.3 is 0 Å². The highest BCUT2D eigenvalue weighted by atomic mass is 35.5. The normalized spacial score (nSPS) is 15.2. The Balaban J connectivity index is 2.16. The molecule has 2 aromatic carbocycles. The number of halogens is 1. The van der Waals surface area contributed by atoms with Crippen LogP contribution in [-0.2, 0) is 4.79 Å². The van der Waals surface area contributed by atoms with Gasteiger partial charge in [0, 0.05) is 16.2 Å². The van der Waals surface area contributed by atoms with E-state index in [-0.39, 0.29) is 5.91 Å². The van der Waals surface area contributed by atoms with Crippen molar-refractivity contribution in [3.63, 3.8) is 0 Å². The number of benzene rings is 2. The summed E-state index contributed by atoms with van der Waals surface area (Å²) < 4.78 is 0. The van der Waals surface area contributed by atoms with E-state index in [1.165, 1.54) is 16.7 Å². The maximum absolute atomic E-state index is 12.2. The molecule has 0 bridgehead atoms. The molecule has 3 heteroatoms. The number of nitrogens with one attached hydrogen (secondary N) is 1. The van der Waals surface area contributed by atoms with E-state index in [2.05, 4.69) is 38.2 Å². The van der Waals surface area contributed by atoms with E-state index in [0.717, 1.165) is 16.8 Å². The van der Waals surface area contributed by atoms with Gasteiger partial charge in [0.05, 0.1) is 5.69 Å². The number of hydrogen-bond acceptors (Lipinski definition) is 1. The minimum atomic E-state index is -0.0772. The zero-order valence-corrected chi connectivity index (χ0v) is 13.0. The van der Waals surface area contributed by atoms with Crippen LogP contribution in [0.3, 0.4) is 0 Å². The molecule has 0 saturated carbocycles. The second-order valence-corrected chi connectivity index (χ2v) is 5.95. The van der Waals surface area contributed by atoms with Gasteiger partial charge in [-0.15, -0.1) is 0 Å².